The van der Waals surface area contributed by atoms with Gasteiger partial charge in [-0.05, 0) is 33.7 Å². The molecule has 17 heavy (non-hydrogen) atoms. The van der Waals surface area contributed by atoms with E-state index in [0.29, 0.717) is 0 Å². The molecule has 0 aliphatic carbocycles. The fraction of sp³-hybridized carbons (Fsp3) is 0. The van der Waals surface area contributed by atoms with Crippen molar-refractivity contribution in [2.24, 2.45) is 0 Å². The molecular formula is C16H13Br. The quantitative estimate of drug-likeness (QED) is 0.794. The predicted molar refractivity (Wildman–Crippen MR) is 78.1 cm³/mol. The van der Waals surface area contributed by atoms with E-state index in [9.17, 15) is 0 Å². The molecule has 0 saturated heterocycles. The summed E-state index contributed by atoms with van der Waals surface area (Å²) in [4.78, 5) is 0. The molecule has 2 rings (SSSR count). The van der Waals surface area contributed by atoms with Crippen LogP contribution in [0.15, 0.2) is 65.7 Å². The Hall–Kier alpha value is -1.60. The van der Waals surface area contributed by atoms with Crippen LogP contribution in [0.25, 0.3) is 12.2 Å². The summed E-state index contributed by atoms with van der Waals surface area (Å²) in [5.41, 5.74) is 2.25. The summed E-state index contributed by atoms with van der Waals surface area (Å²) in [6.07, 6.45) is 1.88. The number of hydrogen-bond donors (Lipinski definition) is 0. The molecule has 2 aromatic carbocycles. The van der Waals surface area contributed by atoms with Gasteiger partial charge < -0.3 is 0 Å². The van der Waals surface area contributed by atoms with Crippen LogP contribution in [0.5, 0.6) is 0 Å². The predicted octanol–water partition coefficient (Wildman–Crippen LogP) is 3.24. The summed E-state index contributed by atoms with van der Waals surface area (Å²) < 4.78 is 1.07. The summed E-state index contributed by atoms with van der Waals surface area (Å²) in [7, 11) is 0. The van der Waals surface area contributed by atoms with Gasteiger partial charge in [0, 0.05) is 4.47 Å². The summed E-state index contributed by atoms with van der Waals surface area (Å²) in [5.74, 6) is 0. The molecule has 0 saturated carbocycles. The van der Waals surface area contributed by atoms with Crippen LogP contribution in [-0.4, -0.2) is 0 Å². The van der Waals surface area contributed by atoms with Crippen LogP contribution in [-0.2, 0) is 0 Å². The molecule has 0 aliphatic rings. The average Bonchev–Trinajstić information content (AvgIpc) is 2.33. The molecule has 0 amide bonds. The lowest BCUT2D eigenvalue weighted by Crippen LogP contribution is -2.24. The standard InChI is InChI=1S/C16H13Br/c1-3-15(13-8-6-9-14(17)11-13)16-10-5-4-7-12(16)2/h3-11H,1-2H2/b16-15+. The highest BCUT2D eigenvalue weighted by molar-refractivity contribution is 9.10. The van der Waals surface area contributed by atoms with Crippen molar-refractivity contribution in [1.29, 1.82) is 0 Å². The Morgan fingerprint density at radius 3 is 2.47 bits per heavy atom. The van der Waals surface area contributed by atoms with Crippen molar-refractivity contribution in [3.8, 4) is 0 Å². The van der Waals surface area contributed by atoms with E-state index in [1.54, 1.807) is 0 Å². The van der Waals surface area contributed by atoms with Gasteiger partial charge in [-0.1, -0.05) is 71.6 Å². The number of benzene rings is 2. The molecule has 0 bridgehead atoms. The number of allylic oxidation sites excluding steroid dienone is 1. The lowest BCUT2D eigenvalue weighted by Gasteiger charge is -2.04. The first kappa shape index (κ1) is 11.9. The van der Waals surface area contributed by atoms with Crippen molar-refractivity contribution >= 4 is 28.1 Å². The topological polar surface area (TPSA) is 0 Å². The Bertz CT molecular complexity index is 653. The van der Waals surface area contributed by atoms with Gasteiger partial charge in [0.25, 0.3) is 0 Å². The largest absolute Gasteiger partial charge is 0.0984 e. The van der Waals surface area contributed by atoms with Gasteiger partial charge >= 0.3 is 0 Å². The van der Waals surface area contributed by atoms with E-state index >= 15 is 0 Å². The summed E-state index contributed by atoms with van der Waals surface area (Å²) in [5, 5.41) is 2.14. The highest BCUT2D eigenvalue weighted by Gasteiger charge is 1.99. The van der Waals surface area contributed by atoms with Crippen LogP contribution in [0.4, 0.5) is 0 Å². The Morgan fingerprint density at radius 1 is 1.06 bits per heavy atom. The maximum Gasteiger partial charge on any atom is 0.0181 e. The average molecular weight is 285 g/mol. The van der Waals surface area contributed by atoms with Crippen molar-refractivity contribution < 1.29 is 0 Å². The normalized spacial score (nSPS) is 12.1. The van der Waals surface area contributed by atoms with E-state index in [1.165, 1.54) is 0 Å². The smallest absolute Gasteiger partial charge is 0.0181 e. The van der Waals surface area contributed by atoms with Crippen LogP contribution < -0.4 is 10.4 Å². The lowest BCUT2D eigenvalue weighted by molar-refractivity contribution is 1.48. The van der Waals surface area contributed by atoms with Gasteiger partial charge in [-0.15, -0.1) is 0 Å². The molecule has 0 aromatic heterocycles. The molecule has 0 atom stereocenters. The molecule has 0 N–H and O–H groups in total. The second-order valence-electron chi connectivity index (χ2n) is 3.79. The highest BCUT2D eigenvalue weighted by atomic mass is 79.9. The Kier molecular flexibility index (Phi) is 3.60. The SMILES string of the molecule is C=C/C(c1cccc(Br)c1)=c1/ccccc1=C. The molecule has 84 valence electrons. The van der Waals surface area contributed by atoms with Crippen molar-refractivity contribution in [3.63, 3.8) is 0 Å². The molecule has 0 aliphatic heterocycles. The van der Waals surface area contributed by atoms with Gasteiger partial charge in [0.15, 0.2) is 0 Å². The van der Waals surface area contributed by atoms with Crippen LogP contribution in [0.1, 0.15) is 5.56 Å². The van der Waals surface area contributed by atoms with Crippen LogP contribution in [0, 0.1) is 0 Å². The van der Waals surface area contributed by atoms with Gasteiger partial charge in [0.2, 0.25) is 0 Å². The molecule has 1 heteroatoms. The first-order chi connectivity index (χ1) is 8.22. The van der Waals surface area contributed by atoms with E-state index in [2.05, 4.69) is 47.3 Å². The number of rotatable bonds is 2. The third-order valence-electron chi connectivity index (χ3n) is 2.65. The van der Waals surface area contributed by atoms with Crippen LogP contribution >= 0.6 is 15.9 Å². The zero-order chi connectivity index (χ0) is 12.3. The third kappa shape index (κ3) is 2.56. The fourth-order valence-corrected chi connectivity index (χ4v) is 2.22. The Morgan fingerprint density at radius 2 is 1.82 bits per heavy atom. The Labute approximate surface area is 110 Å². The van der Waals surface area contributed by atoms with Crippen molar-refractivity contribution in [3.05, 3.63) is 81.7 Å². The summed E-state index contributed by atoms with van der Waals surface area (Å²) >= 11 is 3.49. The molecular weight excluding hydrogens is 272 g/mol. The van der Waals surface area contributed by atoms with Gasteiger partial charge in [-0.3, -0.25) is 0 Å². The maximum absolute atomic E-state index is 4.06. The van der Waals surface area contributed by atoms with Gasteiger partial charge in [0.05, 0.1) is 0 Å². The monoisotopic (exact) mass is 284 g/mol. The summed E-state index contributed by atoms with van der Waals surface area (Å²) in [6.45, 7) is 7.96. The first-order valence-corrected chi connectivity index (χ1v) is 6.18. The third-order valence-corrected chi connectivity index (χ3v) is 3.14. The molecule has 0 spiro atoms. The maximum atomic E-state index is 4.06. The molecule has 0 unspecified atom stereocenters. The van der Waals surface area contributed by atoms with E-state index in [-0.39, 0.29) is 0 Å². The zero-order valence-corrected chi connectivity index (χ0v) is 11.1. The van der Waals surface area contributed by atoms with E-state index in [1.807, 2.05) is 36.4 Å². The second-order valence-corrected chi connectivity index (χ2v) is 4.70. The fourth-order valence-electron chi connectivity index (χ4n) is 1.82. The van der Waals surface area contributed by atoms with Gasteiger partial charge in [-0.2, -0.15) is 0 Å². The van der Waals surface area contributed by atoms with Crippen LogP contribution in [0.3, 0.4) is 0 Å². The van der Waals surface area contributed by atoms with Crippen molar-refractivity contribution in [2.75, 3.05) is 0 Å². The first-order valence-electron chi connectivity index (χ1n) is 5.39. The van der Waals surface area contributed by atoms with E-state index < -0.39 is 0 Å². The zero-order valence-electron chi connectivity index (χ0n) is 9.49. The molecule has 0 nitrogen and oxygen atoms in total. The Balaban J connectivity index is 2.79. The van der Waals surface area contributed by atoms with E-state index in [0.717, 1.165) is 26.0 Å². The second kappa shape index (κ2) is 5.15. The number of halogens is 1. The molecule has 0 heterocycles. The minimum atomic E-state index is 1.02. The minimum absolute atomic E-state index is 1.02. The number of hydrogen-bond acceptors (Lipinski definition) is 0. The van der Waals surface area contributed by atoms with E-state index in [4.69, 9.17) is 0 Å². The van der Waals surface area contributed by atoms with Crippen molar-refractivity contribution in [1.82, 2.24) is 0 Å². The lowest BCUT2D eigenvalue weighted by atomic mass is 10.0. The van der Waals surface area contributed by atoms with Crippen LogP contribution in [0.2, 0.25) is 0 Å². The highest BCUT2D eigenvalue weighted by Crippen LogP contribution is 2.17. The van der Waals surface area contributed by atoms with Crippen molar-refractivity contribution in [2.45, 2.75) is 0 Å². The van der Waals surface area contributed by atoms with Gasteiger partial charge in [-0.25, -0.2) is 0 Å². The minimum Gasteiger partial charge on any atom is -0.0984 e. The summed E-state index contributed by atoms with van der Waals surface area (Å²) in [6, 6.07) is 16.3. The molecule has 2 aromatic rings. The molecule has 0 radical (unpaired) electrons. The molecule has 0 fully saturated rings. The van der Waals surface area contributed by atoms with Gasteiger partial charge in [0.1, 0.15) is 0 Å².